The maximum Gasteiger partial charge on any atom is 0.396 e. The summed E-state index contributed by atoms with van der Waals surface area (Å²) in [7, 11) is 0. The number of carbonyl (C=O) groups is 1. The molecule has 0 saturated heterocycles. The molecule has 0 aromatic carbocycles. The average molecular weight is 352 g/mol. The van der Waals surface area contributed by atoms with Gasteiger partial charge in [-0.2, -0.15) is 13.2 Å². The molecule has 0 aliphatic heterocycles. The van der Waals surface area contributed by atoms with Crippen molar-refractivity contribution in [3.63, 3.8) is 0 Å². The van der Waals surface area contributed by atoms with E-state index in [0.29, 0.717) is 7.57 Å². The second-order valence-corrected chi connectivity index (χ2v) is 6.20. The van der Waals surface area contributed by atoms with Crippen LogP contribution in [0.25, 0.3) is 0 Å². The minimum Gasteiger partial charge on any atom is -0.294 e. The molecule has 1 heterocycles. The third kappa shape index (κ3) is 3.36. The van der Waals surface area contributed by atoms with Gasteiger partial charge in [0.1, 0.15) is 6.42 Å². The quantitative estimate of drug-likeness (QED) is 0.721. The van der Waals surface area contributed by atoms with Gasteiger partial charge < -0.3 is 0 Å². The molecule has 0 N–H and O–H groups in total. The zero-order valence-electron chi connectivity index (χ0n) is 6.49. The highest BCUT2D eigenvalue weighted by molar-refractivity contribution is 9.12. The van der Waals surface area contributed by atoms with Crippen LogP contribution in [-0.4, -0.2) is 12.0 Å². The molecule has 14 heavy (non-hydrogen) atoms. The molecule has 1 aromatic rings. The van der Waals surface area contributed by atoms with Crippen molar-refractivity contribution in [2.75, 3.05) is 0 Å². The molecule has 0 spiro atoms. The van der Waals surface area contributed by atoms with Crippen molar-refractivity contribution in [1.29, 1.82) is 0 Å². The van der Waals surface area contributed by atoms with Crippen LogP contribution in [0.2, 0.25) is 0 Å². The number of hydrogen-bond donors (Lipinski definition) is 0. The van der Waals surface area contributed by atoms with E-state index in [9.17, 15) is 18.0 Å². The number of carbonyl (C=O) groups excluding carboxylic acids is 1. The first-order valence-electron chi connectivity index (χ1n) is 3.34. The predicted octanol–water partition coefficient (Wildman–Crippen LogP) is 4.41. The number of alkyl halides is 3. The molecule has 1 nitrogen and oxygen atoms in total. The van der Waals surface area contributed by atoms with Crippen LogP contribution in [-0.2, 0) is 0 Å². The number of ketones is 1. The summed E-state index contributed by atoms with van der Waals surface area (Å²) in [6, 6.07) is 1.38. The summed E-state index contributed by atoms with van der Waals surface area (Å²) in [6.07, 6.45) is -5.88. The van der Waals surface area contributed by atoms with E-state index in [1.807, 2.05) is 0 Å². The summed E-state index contributed by atoms with van der Waals surface area (Å²) in [6.45, 7) is 0. The highest BCUT2D eigenvalue weighted by Gasteiger charge is 2.32. The maximum absolute atomic E-state index is 11.9. The third-order valence-electron chi connectivity index (χ3n) is 1.32. The standard InChI is InChI=1S/C7H3Br2F3OS/c8-5-1-3(6(9)14-5)4(13)2-7(10,11)12/h1H,2H2. The van der Waals surface area contributed by atoms with Gasteiger partial charge in [-0.3, -0.25) is 4.79 Å². The molecule has 0 radical (unpaired) electrons. The Morgan fingerprint density at radius 2 is 2.00 bits per heavy atom. The van der Waals surface area contributed by atoms with E-state index in [0.717, 1.165) is 0 Å². The smallest absolute Gasteiger partial charge is 0.294 e. The van der Waals surface area contributed by atoms with Gasteiger partial charge in [0.15, 0.2) is 5.78 Å². The first kappa shape index (κ1) is 12.2. The SMILES string of the molecule is O=C(CC(F)(F)F)c1cc(Br)sc1Br. The van der Waals surface area contributed by atoms with Gasteiger partial charge >= 0.3 is 6.18 Å². The lowest BCUT2D eigenvalue weighted by molar-refractivity contribution is -0.125. The third-order valence-corrected chi connectivity index (χ3v) is 3.66. The van der Waals surface area contributed by atoms with Gasteiger partial charge in [0.05, 0.1) is 7.57 Å². The van der Waals surface area contributed by atoms with E-state index < -0.39 is 18.4 Å². The van der Waals surface area contributed by atoms with Crippen LogP contribution in [0.5, 0.6) is 0 Å². The Hall–Kier alpha value is 0.120. The number of hydrogen-bond acceptors (Lipinski definition) is 2. The van der Waals surface area contributed by atoms with E-state index >= 15 is 0 Å². The van der Waals surface area contributed by atoms with Crippen molar-refractivity contribution >= 4 is 49.0 Å². The molecule has 0 saturated carbocycles. The zero-order chi connectivity index (χ0) is 10.9. The van der Waals surface area contributed by atoms with Gasteiger partial charge in [-0.25, -0.2) is 0 Å². The van der Waals surface area contributed by atoms with Crippen LogP contribution in [0, 0.1) is 0 Å². The monoisotopic (exact) mass is 350 g/mol. The Bertz CT molecular complexity index is 358. The van der Waals surface area contributed by atoms with E-state index in [-0.39, 0.29) is 5.56 Å². The van der Waals surface area contributed by atoms with Crippen LogP contribution >= 0.6 is 43.2 Å². The molecule has 0 aliphatic rings. The van der Waals surface area contributed by atoms with Gasteiger partial charge in [0.25, 0.3) is 0 Å². The Morgan fingerprint density at radius 3 is 2.36 bits per heavy atom. The summed E-state index contributed by atoms with van der Waals surface area (Å²) >= 11 is 7.28. The highest BCUT2D eigenvalue weighted by atomic mass is 79.9. The van der Waals surface area contributed by atoms with Crippen molar-refractivity contribution in [2.45, 2.75) is 12.6 Å². The predicted molar refractivity (Wildman–Crippen MR) is 54.7 cm³/mol. The topological polar surface area (TPSA) is 17.1 Å². The zero-order valence-corrected chi connectivity index (χ0v) is 10.5. The van der Waals surface area contributed by atoms with E-state index in [4.69, 9.17) is 0 Å². The van der Waals surface area contributed by atoms with Crippen LogP contribution in [0.3, 0.4) is 0 Å². The molecule has 78 valence electrons. The van der Waals surface area contributed by atoms with Crippen LogP contribution in [0.15, 0.2) is 13.6 Å². The second-order valence-electron chi connectivity index (χ2n) is 2.45. The average Bonchev–Trinajstić information content (AvgIpc) is 2.26. The Kier molecular flexibility index (Phi) is 3.76. The molecule has 0 amide bonds. The number of Topliss-reactive ketones (excluding diaryl/α,β-unsaturated/α-hetero) is 1. The van der Waals surface area contributed by atoms with Crippen LogP contribution in [0.1, 0.15) is 16.8 Å². The molecule has 0 unspecified atom stereocenters. The highest BCUT2D eigenvalue weighted by Crippen LogP contribution is 2.34. The van der Waals surface area contributed by atoms with Crippen molar-refractivity contribution in [1.82, 2.24) is 0 Å². The fourth-order valence-electron chi connectivity index (χ4n) is 0.808. The Morgan fingerprint density at radius 1 is 1.43 bits per heavy atom. The lowest BCUT2D eigenvalue weighted by Crippen LogP contribution is -2.14. The largest absolute Gasteiger partial charge is 0.396 e. The van der Waals surface area contributed by atoms with Gasteiger partial charge in [0.2, 0.25) is 0 Å². The summed E-state index contributed by atoms with van der Waals surface area (Å²) in [5.41, 5.74) is 0.0687. The minimum atomic E-state index is -4.45. The molecule has 7 heteroatoms. The summed E-state index contributed by atoms with van der Waals surface area (Å²) in [5, 5.41) is 0. The minimum absolute atomic E-state index is 0.0687. The summed E-state index contributed by atoms with van der Waals surface area (Å²) in [4.78, 5) is 11.1. The van der Waals surface area contributed by atoms with Crippen LogP contribution in [0.4, 0.5) is 13.2 Å². The van der Waals surface area contributed by atoms with Crippen LogP contribution < -0.4 is 0 Å². The maximum atomic E-state index is 11.9. The van der Waals surface area contributed by atoms with Gasteiger partial charge in [-0.15, -0.1) is 11.3 Å². The van der Waals surface area contributed by atoms with Crippen molar-refractivity contribution < 1.29 is 18.0 Å². The van der Waals surface area contributed by atoms with E-state index in [1.54, 1.807) is 0 Å². The molecule has 1 rings (SSSR count). The van der Waals surface area contributed by atoms with Crippen molar-refractivity contribution in [2.24, 2.45) is 0 Å². The molecular weight excluding hydrogens is 349 g/mol. The molecule has 0 aliphatic carbocycles. The fourth-order valence-corrected chi connectivity index (χ4v) is 3.66. The second kappa shape index (κ2) is 4.32. The summed E-state index contributed by atoms with van der Waals surface area (Å²) in [5.74, 6) is -0.925. The normalized spacial score (nSPS) is 11.8. The van der Waals surface area contributed by atoms with Gasteiger partial charge in [-0.1, -0.05) is 0 Å². The Labute approximate surface area is 98.6 Å². The van der Waals surface area contributed by atoms with Gasteiger partial charge in [-0.05, 0) is 37.9 Å². The molecule has 0 atom stereocenters. The van der Waals surface area contributed by atoms with Crippen molar-refractivity contribution in [3.05, 3.63) is 19.2 Å². The molecular formula is C7H3Br2F3OS. The molecule has 0 bridgehead atoms. The molecule has 1 aromatic heterocycles. The van der Waals surface area contributed by atoms with E-state index in [1.165, 1.54) is 17.4 Å². The van der Waals surface area contributed by atoms with Crippen molar-refractivity contribution in [3.8, 4) is 0 Å². The first-order chi connectivity index (χ1) is 6.29. The fraction of sp³-hybridized carbons (Fsp3) is 0.286. The Balaban J connectivity index is 2.85. The molecule has 0 fully saturated rings. The lowest BCUT2D eigenvalue weighted by atomic mass is 10.1. The summed E-state index contributed by atoms with van der Waals surface area (Å²) < 4.78 is 36.7. The lowest BCUT2D eigenvalue weighted by Gasteiger charge is -2.03. The first-order valence-corrected chi connectivity index (χ1v) is 5.74. The number of rotatable bonds is 2. The number of halogens is 5. The van der Waals surface area contributed by atoms with Gasteiger partial charge in [0, 0.05) is 5.56 Å². The van der Waals surface area contributed by atoms with E-state index in [2.05, 4.69) is 31.9 Å². The number of thiophene rings is 1.